The fourth-order valence-corrected chi connectivity index (χ4v) is 6.91. The Kier molecular flexibility index (Phi) is 6.04. The third-order valence-electron chi connectivity index (χ3n) is 9.02. The number of H-pyrrole nitrogens is 2. The Morgan fingerprint density at radius 3 is 2.36 bits per heavy atom. The summed E-state index contributed by atoms with van der Waals surface area (Å²) < 4.78 is 41.8. The maximum Gasteiger partial charge on any atom is 0.433 e. The molecule has 0 radical (unpaired) electrons. The molecule has 3 aliphatic rings. The highest BCUT2D eigenvalue weighted by Crippen LogP contribution is 2.44. The molecule has 2 saturated heterocycles. The van der Waals surface area contributed by atoms with Gasteiger partial charge in [0.1, 0.15) is 5.69 Å². The monoisotopic (exact) mass is 538 g/mol. The van der Waals surface area contributed by atoms with Gasteiger partial charge in [-0.25, -0.2) is 4.98 Å². The van der Waals surface area contributed by atoms with E-state index in [2.05, 4.69) is 48.2 Å². The summed E-state index contributed by atoms with van der Waals surface area (Å²) in [7, 11) is 2.18. The quantitative estimate of drug-likeness (QED) is 0.397. The summed E-state index contributed by atoms with van der Waals surface area (Å²) in [6.45, 7) is 6.19. The van der Waals surface area contributed by atoms with Crippen LogP contribution in [0.5, 0.6) is 0 Å². The van der Waals surface area contributed by atoms with Gasteiger partial charge in [-0.15, -0.1) is 0 Å². The summed E-state index contributed by atoms with van der Waals surface area (Å²) in [5, 5.41) is 15.5. The molecule has 11 heteroatoms. The van der Waals surface area contributed by atoms with Crippen LogP contribution in [-0.2, 0) is 19.0 Å². The molecule has 7 rings (SSSR count). The third-order valence-corrected chi connectivity index (χ3v) is 9.02. The largest absolute Gasteiger partial charge is 0.433 e. The van der Waals surface area contributed by atoms with E-state index in [0.717, 1.165) is 110 Å². The number of halogens is 3. The Bertz CT molecular complexity index is 1510. The first-order valence-electron chi connectivity index (χ1n) is 14.0. The summed E-state index contributed by atoms with van der Waals surface area (Å²) in [5.74, 6) is 0. The van der Waals surface area contributed by atoms with E-state index in [1.54, 1.807) is 0 Å². The number of anilines is 1. The molecule has 2 aliphatic heterocycles. The SMILES string of the molecule is CN1CCN(C2CCN(c3cc4[nH]ncc4c4c5c(c(-c6cn[nH]c6C(F)(F)F)nc34)CCCC5)CC2)CC1. The van der Waals surface area contributed by atoms with Crippen LogP contribution in [0.25, 0.3) is 33.1 Å². The van der Waals surface area contributed by atoms with Crippen molar-refractivity contribution in [2.75, 3.05) is 51.2 Å². The highest BCUT2D eigenvalue weighted by molar-refractivity contribution is 6.13. The summed E-state index contributed by atoms with van der Waals surface area (Å²) in [4.78, 5) is 12.4. The lowest BCUT2D eigenvalue weighted by Gasteiger charge is -2.42. The number of fused-ring (bicyclic) bond motifs is 5. The number of likely N-dealkylation sites (N-methyl/N-ethyl adjacent to an activating group) is 1. The molecule has 0 saturated carbocycles. The first-order chi connectivity index (χ1) is 18.9. The number of hydrogen-bond acceptors (Lipinski definition) is 6. The molecule has 1 aliphatic carbocycles. The molecule has 8 nitrogen and oxygen atoms in total. The summed E-state index contributed by atoms with van der Waals surface area (Å²) >= 11 is 0. The molecular weight excluding hydrogens is 505 g/mol. The molecule has 3 aromatic heterocycles. The normalized spacial score (nSPS) is 20.3. The molecular formula is C28H33F3N8. The van der Waals surface area contributed by atoms with Crippen molar-refractivity contribution < 1.29 is 13.2 Å². The van der Waals surface area contributed by atoms with Crippen molar-refractivity contribution in [1.82, 2.24) is 35.2 Å². The van der Waals surface area contributed by atoms with Crippen LogP contribution in [0.3, 0.4) is 0 Å². The molecule has 0 atom stereocenters. The van der Waals surface area contributed by atoms with Crippen LogP contribution in [0.1, 0.15) is 42.5 Å². The standard InChI is InChI=1S/C28H33F3N8/c1-37-10-12-38(13-11-37)17-6-8-39(9-7-17)23-14-22-20(15-32-35-22)24-18-4-2-3-5-19(18)25(34-26(23)24)21-16-33-36-27(21)28(29,30)31/h14-17H,2-13H2,1H3,(H,32,35)(H,33,36). The molecule has 1 aromatic carbocycles. The number of nitrogens with one attached hydrogen (secondary N) is 2. The number of piperidine rings is 1. The Balaban J connectivity index is 1.34. The van der Waals surface area contributed by atoms with Crippen molar-refractivity contribution >= 4 is 27.5 Å². The van der Waals surface area contributed by atoms with Gasteiger partial charge in [0.05, 0.1) is 40.4 Å². The second-order valence-electron chi connectivity index (χ2n) is 11.3. The highest BCUT2D eigenvalue weighted by atomic mass is 19.4. The first-order valence-corrected chi connectivity index (χ1v) is 14.0. The summed E-state index contributed by atoms with van der Waals surface area (Å²) in [6, 6.07) is 2.65. The van der Waals surface area contributed by atoms with Crippen LogP contribution < -0.4 is 4.90 Å². The molecule has 5 heterocycles. The number of hydrogen-bond donors (Lipinski definition) is 2. The molecule has 206 valence electrons. The Morgan fingerprint density at radius 2 is 1.62 bits per heavy atom. The average Bonchev–Trinajstić information content (AvgIpc) is 3.63. The van der Waals surface area contributed by atoms with Crippen LogP contribution >= 0.6 is 0 Å². The van der Waals surface area contributed by atoms with Crippen molar-refractivity contribution in [2.24, 2.45) is 0 Å². The molecule has 0 spiro atoms. The second kappa shape index (κ2) is 9.48. The van der Waals surface area contributed by atoms with Gasteiger partial charge < -0.3 is 9.80 Å². The smallest absolute Gasteiger partial charge is 0.370 e. The minimum Gasteiger partial charge on any atom is -0.370 e. The zero-order valence-corrected chi connectivity index (χ0v) is 22.1. The van der Waals surface area contributed by atoms with Gasteiger partial charge in [0.15, 0.2) is 0 Å². The summed E-state index contributed by atoms with van der Waals surface area (Å²) in [6.07, 6.45) is 4.15. The number of aryl methyl sites for hydroxylation is 1. The number of alkyl halides is 3. The predicted molar refractivity (Wildman–Crippen MR) is 145 cm³/mol. The third kappa shape index (κ3) is 4.26. The topological polar surface area (TPSA) is 80.0 Å². The van der Waals surface area contributed by atoms with Crippen LogP contribution in [0.4, 0.5) is 18.9 Å². The second-order valence-corrected chi connectivity index (χ2v) is 11.3. The molecule has 2 fully saturated rings. The maximum atomic E-state index is 13.9. The van der Waals surface area contributed by atoms with Crippen LogP contribution in [-0.4, -0.2) is 87.5 Å². The van der Waals surface area contributed by atoms with Crippen molar-refractivity contribution in [1.29, 1.82) is 0 Å². The minimum atomic E-state index is -4.54. The van der Waals surface area contributed by atoms with E-state index in [1.165, 1.54) is 6.20 Å². The highest BCUT2D eigenvalue weighted by Gasteiger charge is 2.38. The number of aromatic nitrogens is 5. The lowest BCUT2D eigenvalue weighted by Crippen LogP contribution is -2.52. The Hall–Kier alpha value is -3.18. The Labute approximate surface area is 224 Å². The van der Waals surface area contributed by atoms with Crippen molar-refractivity contribution in [3.05, 3.63) is 35.3 Å². The number of nitrogens with zero attached hydrogens (tertiary/aromatic N) is 6. The first kappa shape index (κ1) is 24.8. The van der Waals surface area contributed by atoms with Gasteiger partial charge in [-0.3, -0.25) is 15.1 Å². The number of rotatable bonds is 3. The molecule has 0 bridgehead atoms. The zero-order chi connectivity index (χ0) is 26.7. The number of piperazine rings is 1. The maximum absolute atomic E-state index is 13.9. The van der Waals surface area contributed by atoms with E-state index < -0.39 is 11.9 Å². The average molecular weight is 539 g/mol. The fraction of sp³-hybridized carbons (Fsp3) is 0.536. The minimum absolute atomic E-state index is 0.0366. The van der Waals surface area contributed by atoms with Gasteiger partial charge in [-0.2, -0.15) is 23.4 Å². The molecule has 2 N–H and O–H groups in total. The predicted octanol–water partition coefficient (Wildman–Crippen LogP) is 4.62. The van der Waals surface area contributed by atoms with Crippen LogP contribution in [0, 0.1) is 0 Å². The molecule has 4 aromatic rings. The lowest BCUT2D eigenvalue weighted by atomic mass is 9.85. The van der Waals surface area contributed by atoms with Gasteiger partial charge in [0, 0.05) is 56.1 Å². The van der Waals surface area contributed by atoms with Gasteiger partial charge in [-0.1, -0.05) is 0 Å². The van der Waals surface area contributed by atoms with E-state index in [4.69, 9.17) is 4.98 Å². The number of aromatic amines is 2. The van der Waals surface area contributed by atoms with E-state index in [-0.39, 0.29) is 5.56 Å². The molecule has 0 unspecified atom stereocenters. The van der Waals surface area contributed by atoms with Crippen LogP contribution in [0.2, 0.25) is 0 Å². The van der Waals surface area contributed by atoms with Gasteiger partial charge >= 0.3 is 6.18 Å². The van der Waals surface area contributed by atoms with E-state index in [9.17, 15) is 13.2 Å². The fourth-order valence-electron chi connectivity index (χ4n) is 6.91. The molecule has 0 amide bonds. The van der Waals surface area contributed by atoms with Crippen molar-refractivity contribution in [2.45, 2.75) is 50.7 Å². The van der Waals surface area contributed by atoms with E-state index in [1.807, 2.05) is 6.20 Å². The number of pyridine rings is 1. The van der Waals surface area contributed by atoms with E-state index in [0.29, 0.717) is 18.2 Å². The van der Waals surface area contributed by atoms with E-state index >= 15 is 0 Å². The number of benzene rings is 1. The van der Waals surface area contributed by atoms with Gasteiger partial charge in [0.2, 0.25) is 0 Å². The van der Waals surface area contributed by atoms with Crippen molar-refractivity contribution in [3.63, 3.8) is 0 Å². The summed E-state index contributed by atoms with van der Waals surface area (Å²) in [5.41, 5.74) is 4.33. The van der Waals surface area contributed by atoms with Crippen molar-refractivity contribution in [3.8, 4) is 11.3 Å². The zero-order valence-electron chi connectivity index (χ0n) is 22.1. The Morgan fingerprint density at radius 1 is 0.897 bits per heavy atom. The lowest BCUT2D eigenvalue weighted by molar-refractivity contribution is -0.140. The molecule has 39 heavy (non-hydrogen) atoms. The van der Waals surface area contributed by atoms with Gasteiger partial charge in [0.25, 0.3) is 0 Å². The van der Waals surface area contributed by atoms with Crippen LogP contribution in [0.15, 0.2) is 18.5 Å². The van der Waals surface area contributed by atoms with Gasteiger partial charge in [-0.05, 0) is 62.8 Å².